The van der Waals surface area contributed by atoms with Crippen molar-refractivity contribution in [2.45, 2.75) is 32.3 Å². The van der Waals surface area contributed by atoms with Crippen molar-refractivity contribution in [3.8, 4) is 17.1 Å². The molecule has 1 fully saturated rings. The third kappa shape index (κ3) is 5.35. The van der Waals surface area contributed by atoms with Gasteiger partial charge in [0, 0.05) is 41.0 Å². The van der Waals surface area contributed by atoms with Crippen molar-refractivity contribution in [2.75, 3.05) is 24.7 Å². The number of benzene rings is 1. The fourth-order valence-corrected chi connectivity index (χ4v) is 3.31. The Morgan fingerprint density at radius 1 is 1.17 bits per heavy atom. The van der Waals surface area contributed by atoms with Crippen LogP contribution < -0.4 is 20.7 Å². The van der Waals surface area contributed by atoms with Gasteiger partial charge in [-0.3, -0.25) is 9.59 Å². The molecular formula is C24H27N7O4. The molecule has 0 unspecified atom stereocenters. The van der Waals surface area contributed by atoms with Crippen molar-refractivity contribution >= 4 is 29.0 Å². The van der Waals surface area contributed by atoms with Gasteiger partial charge in [0.15, 0.2) is 23.1 Å². The van der Waals surface area contributed by atoms with E-state index in [4.69, 9.17) is 8.85 Å². The second-order valence-electron chi connectivity index (χ2n) is 8.58. The van der Waals surface area contributed by atoms with Crippen molar-refractivity contribution in [1.29, 1.82) is 0 Å². The van der Waals surface area contributed by atoms with Gasteiger partial charge >= 0.3 is 0 Å². The highest BCUT2D eigenvalue weighted by molar-refractivity contribution is 6.00. The molecule has 3 aromatic rings. The van der Waals surface area contributed by atoms with E-state index in [1.54, 1.807) is 32.0 Å². The molecule has 1 aliphatic rings. The number of carbonyl (C=O) groups excluding carboxylic acids is 2. The number of amides is 2. The van der Waals surface area contributed by atoms with E-state index in [2.05, 4.69) is 30.8 Å². The molecule has 11 heteroatoms. The van der Waals surface area contributed by atoms with Crippen molar-refractivity contribution in [2.24, 2.45) is 5.92 Å². The minimum atomic E-state index is -2.75. The van der Waals surface area contributed by atoms with Gasteiger partial charge in [-0.15, -0.1) is 10.2 Å². The molecule has 4 N–H and O–H groups in total. The quantitative estimate of drug-likeness (QED) is 0.381. The van der Waals surface area contributed by atoms with Crippen molar-refractivity contribution in [3.63, 3.8) is 0 Å². The lowest BCUT2D eigenvalue weighted by Crippen LogP contribution is -2.22. The van der Waals surface area contributed by atoms with Gasteiger partial charge in [0.25, 0.3) is 5.91 Å². The van der Waals surface area contributed by atoms with Gasteiger partial charge in [-0.1, -0.05) is 6.07 Å². The smallest absolute Gasteiger partial charge is 0.273 e. The van der Waals surface area contributed by atoms with E-state index in [0.29, 0.717) is 28.4 Å². The summed E-state index contributed by atoms with van der Waals surface area (Å²) in [5.41, 5.74) is 0.0974. The van der Waals surface area contributed by atoms with Crippen LogP contribution in [0.15, 0.2) is 36.7 Å². The maximum atomic E-state index is 12.7. The molecule has 0 atom stereocenters. The molecule has 11 nitrogen and oxygen atoms in total. The number of hydrogen-bond acceptors (Lipinski definition) is 9. The zero-order chi connectivity index (χ0) is 27.7. The monoisotopic (exact) mass is 480 g/mol. The van der Waals surface area contributed by atoms with E-state index >= 15 is 0 Å². The Bertz CT molecular complexity index is 1350. The Morgan fingerprint density at radius 2 is 1.91 bits per heavy atom. The molecule has 2 amide bonds. The number of aliphatic hydroxyl groups is 1. The van der Waals surface area contributed by atoms with E-state index in [0.717, 1.165) is 12.8 Å². The van der Waals surface area contributed by atoms with Crippen LogP contribution in [-0.4, -0.2) is 51.2 Å². The molecular weight excluding hydrogens is 450 g/mol. The molecule has 1 aliphatic carbocycles. The second kappa shape index (κ2) is 9.63. The average Bonchev–Trinajstić information content (AvgIpc) is 3.68. The van der Waals surface area contributed by atoms with E-state index < -0.39 is 18.5 Å². The molecule has 4 rings (SSSR count). The Labute approximate surface area is 206 Å². The number of nitrogens with one attached hydrogen (secondary N) is 3. The van der Waals surface area contributed by atoms with Gasteiger partial charge in [0.2, 0.25) is 5.91 Å². The van der Waals surface area contributed by atoms with E-state index in [-0.39, 0.29) is 29.0 Å². The summed E-state index contributed by atoms with van der Waals surface area (Å²) in [6.45, 7) is 0.500. The number of methoxy groups -OCH3 is 1. The predicted molar refractivity (Wildman–Crippen MR) is 129 cm³/mol. The van der Waals surface area contributed by atoms with Crippen LogP contribution in [0.2, 0.25) is 0 Å². The molecule has 0 bridgehead atoms. The van der Waals surface area contributed by atoms with E-state index in [1.165, 1.54) is 25.6 Å². The van der Waals surface area contributed by atoms with Crippen LogP contribution in [0.3, 0.4) is 0 Å². The average molecular weight is 481 g/mol. The molecule has 1 aromatic carbocycles. The molecule has 0 spiro atoms. The Balaban J connectivity index is 1.71. The highest BCUT2D eigenvalue weighted by Crippen LogP contribution is 2.37. The first-order valence-electron chi connectivity index (χ1n) is 12.4. The van der Waals surface area contributed by atoms with Gasteiger partial charge in [0.05, 0.1) is 29.6 Å². The van der Waals surface area contributed by atoms with Crippen molar-refractivity contribution < 1.29 is 23.5 Å². The van der Waals surface area contributed by atoms with Crippen LogP contribution in [0.4, 0.5) is 17.2 Å². The highest BCUT2D eigenvalue weighted by atomic mass is 16.5. The predicted octanol–water partition coefficient (Wildman–Crippen LogP) is 2.62. The fraction of sp³-hybridized carbons (Fsp3) is 0.333. The third-order valence-electron chi connectivity index (χ3n) is 5.41. The van der Waals surface area contributed by atoms with Crippen molar-refractivity contribution in [3.05, 3.63) is 47.9 Å². The Morgan fingerprint density at radius 3 is 2.54 bits per heavy atom. The standard InChI is InChI=1S/C24H27N7O4/c1-24(2,34)14-11-26-21(27-12-14)15-6-5-7-16(20(15)35-4)28-17-10-18(29-22(32)13-8-9-13)30-31-19(17)23(33)25-3/h5-7,10-13,34H,8-9H2,1-4H3,(H,25,33)(H2,28,29,30,32)/i3D3. The lowest BCUT2D eigenvalue weighted by Gasteiger charge is -2.18. The number of carbonyl (C=O) groups is 2. The molecule has 0 saturated heterocycles. The van der Waals surface area contributed by atoms with E-state index in [9.17, 15) is 14.7 Å². The Hall–Kier alpha value is -4.12. The zero-order valence-corrected chi connectivity index (χ0v) is 19.4. The lowest BCUT2D eigenvalue weighted by molar-refractivity contribution is -0.117. The molecule has 2 aromatic heterocycles. The molecule has 0 radical (unpaired) electrons. The van der Waals surface area contributed by atoms with Crippen LogP contribution in [0.1, 0.15) is 46.9 Å². The van der Waals surface area contributed by atoms with Crippen molar-refractivity contribution in [1.82, 2.24) is 25.5 Å². The zero-order valence-electron chi connectivity index (χ0n) is 22.4. The van der Waals surface area contributed by atoms with Crippen LogP contribution in [-0.2, 0) is 10.4 Å². The largest absolute Gasteiger partial charge is 0.494 e. The summed E-state index contributed by atoms with van der Waals surface area (Å²) in [4.78, 5) is 33.6. The minimum absolute atomic E-state index is 0.0848. The molecule has 2 heterocycles. The molecule has 182 valence electrons. The number of anilines is 3. The summed E-state index contributed by atoms with van der Waals surface area (Å²) >= 11 is 0. The number of hydrogen-bond donors (Lipinski definition) is 4. The van der Waals surface area contributed by atoms with Crippen LogP contribution in [0, 0.1) is 5.92 Å². The van der Waals surface area contributed by atoms with Gasteiger partial charge in [-0.2, -0.15) is 0 Å². The normalized spacial score (nSPS) is 14.8. The lowest BCUT2D eigenvalue weighted by atomic mass is 10.0. The summed E-state index contributed by atoms with van der Waals surface area (Å²) in [7, 11) is 1.45. The number of aromatic nitrogens is 4. The van der Waals surface area contributed by atoms with Crippen LogP contribution >= 0.6 is 0 Å². The van der Waals surface area contributed by atoms with Crippen LogP contribution in [0.5, 0.6) is 5.75 Å². The first-order valence-corrected chi connectivity index (χ1v) is 10.9. The summed E-state index contributed by atoms with van der Waals surface area (Å²) in [6, 6.07) is 6.50. The highest BCUT2D eigenvalue weighted by Gasteiger charge is 2.30. The molecule has 35 heavy (non-hydrogen) atoms. The van der Waals surface area contributed by atoms with Gasteiger partial charge < -0.3 is 25.8 Å². The summed E-state index contributed by atoms with van der Waals surface area (Å²) < 4.78 is 27.7. The fourth-order valence-electron chi connectivity index (χ4n) is 3.31. The first kappa shape index (κ1) is 20.3. The van der Waals surface area contributed by atoms with Gasteiger partial charge in [-0.05, 0) is 38.8 Å². The SMILES string of the molecule is [2H]C([2H])([2H])NC(=O)c1nnc(NC(=O)C2CC2)cc1Nc1cccc(-c2ncc(C(C)(C)O)cn2)c1OC. The first-order chi connectivity index (χ1) is 17.9. The minimum Gasteiger partial charge on any atom is -0.494 e. The second-order valence-corrected chi connectivity index (χ2v) is 8.58. The Kier molecular flexibility index (Phi) is 5.58. The van der Waals surface area contributed by atoms with Gasteiger partial charge in [-0.25, -0.2) is 9.97 Å². The summed E-state index contributed by atoms with van der Waals surface area (Å²) in [5, 5.41) is 25.6. The topological polar surface area (TPSA) is 151 Å². The molecule has 1 saturated carbocycles. The number of rotatable bonds is 8. The summed E-state index contributed by atoms with van der Waals surface area (Å²) in [6.07, 6.45) is 4.60. The number of para-hydroxylation sites is 1. The van der Waals surface area contributed by atoms with E-state index in [1.807, 2.05) is 5.32 Å². The third-order valence-corrected chi connectivity index (χ3v) is 5.41. The maximum absolute atomic E-state index is 12.7. The van der Waals surface area contributed by atoms with Gasteiger partial charge in [0.1, 0.15) is 0 Å². The maximum Gasteiger partial charge on any atom is 0.273 e. The molecule has 0 aliphatic heterocycles. The summed E-state index contributed by atoms with van der Waals surface area (Å²) in [5.74, 6) is -0.547. The number of ether oxygens (including phenoxy) is 1. The number of nitrogens with zero attached hydrogens (tertiary/aromatic N) is 4. The van der Waals surface area contributed by atoms with Crippen LogP contribution in [0.25, 0.3) is 11.4 Å².